The molecule has 126 valence electrons. The van der Waals surface area contributed by atoms with Crippen molar-refractivity contribution in [2.24, 2.45) is 5.41 Å². The van der Waals surface area contributed by atoms with E-state index in [-0.39, 0.29) is 11.8 Å². The molecule has 4 nitrogen and oxygen atoms in total. The van der Waals surface area contributed by atoms with Crippen LogP contribution < -0.4 is 5.32 Å². The molecular weight excluding hydrogens is 288 g/mol. The first-order chi connectivity index (χ1) is 10.8. The van der Waals surface area contributed by atoms with Crippen molar-refractivity contribution in [3.63, 3.8) is 0 Å². The van der Waals surface area contributed by atoms with Gasteiger partial charge in [0.15, 0.2) is 0 Å². The molecule has 0 aromatic heterocycles. The van der Waals surface area contributed by atoms with Crippen LogP contribution in [0.4, 0.5) is 5.69 Å². The summed E-state index contributed by atoms with van der Waals surface area (Å²) in [6, 6.07) is 7.58. The second-order valence-corrected chi connectivity index (χ2v) is 7.46. The molecule has 2 rings (SSSR count). The zero-order valence-corrected chi connectivity index (χ0v) is 14.7. The Kier molecular flexibility index (Phi) is 5.45. The molecule has 1 aliphatic carbocycles. The van der Waals surface area contributed by atoms with Crippen molar-refractivity contribution in [1.82, 2.24) is 4.90 Å². The normalized spacial score (nSPS) is 16.0. The van der Waals surface area contributed by atoms with Crippen LogP contribution in [-0.2, 0) is 4.79 Å². The summed E-state index contributed by atoms with van der Waals surface area (Å²) in [4.78, 5) is 27.0. The highest BCUT2D eigenvalue weighted by atomic mass is 16.2. The van der Waals surface area contributed by atoms with Crippen LogP contribution in [0.5, 0.6) is 0 Å². The van der Waals surface area contributed by atoms with Gasteiger partial charge in [0.05, 0.1) is 11.3 Å². The third-order valence-corrected chi connectivity index (χ3v) is 4.53. The van der Waals surface area contributed by atoms with Gasteiger partial charge in [0, 0.05) is 18.5 Å². The molecular formula is C19H28N2O2. The summed E-state index contributed by atoms with van der Waals surface area (Å²) in [6.45, 7) is 5.59. The fourth-order valence-corrected chi connectivity index (χ4v) is 2.91. The van der Waals surface area contributed by atoms with Crippen LogP contribution in [0.2, 0.25) is 0 Å². The van der Waals surface area contributed by atoms with E-state index in [9.17, 15) is 9.59 Å². The Morgan fingerprint density at radius 2 is 1.70 bits per heavy atom. The first-order valence-electron chi connectivity index (χ1n) is 8.48. The molecule has 0 heterocycles. The fourth-order valence-electron chi connectivity index (χ4n) is 2.91. The molecule has 0 spiro atoms. The number of benzene rings is 1. The van der Waals surface area contributed by atoms with Gasteiger partial charge in [-0.3, -0.25) is 9.59 Å². The number of hydrogen-bond donors (Lipinski definition) is 1. The number of amides is 2. The molecule has 0 unspecified atom stereocenters. The van der Waals surface area contributed by atoms with Gasteiger partial charge in [-0.2, -0.15) is 0 Å². The van der Waals surface area contributed by atoms with E-state index in [1.54, 1.807) is 12.1 Å². The number of carbonyl (C=O) groups is 2. The van der Waals surface area contributed by atoms with Gasteiger partial charge >= 0.3 is 0 Å². The molecule has 1 saturated carbocycles. The van der Waals surface area contributed by atoms with Crippen LogP contribution in [0.3, 0.4) is 0 Å². The summed E-state index contributed by atoms with van der Waals surface area (Å²) in [7, 11) is 1.88. The SMILES string of the molecule is CN(C(=O)c1ccccc1NC(=O)C(C)(C)C)C1CCCCC1. The van der Waals surface area contributed by atoms with E-state index < -0.39 is 5.41 Å². The Labute approximate surface area is 139 Å². The maximum absolute atomic E-state index is 12.9. The summed E-state index contributed by atoms with van der Waals surface area (Å²) in [5.74, 6) is -0.0974. The third kappa shape index (κ3) is 4.34. The molecule has 4 heteroatoms. The molecule has 0 atom stereocenters. The lowest BCUT2D eigenvalue weighted by atomic mass is 9.93. The largest absolute Gasteiger partial charge is 0.339 e. The van der Waals surface area contributed by atoms with Crippen LogP contribution in [0.1, 0.15) is 63.2 Å². The Hall–Kier alpha value is -1.84. The van der Waals surface area contributed by atoms with E-state index in [1.165, 1.54) is 19.3 Å². The molecule has 0 radical (unpaired) electrons. The van der Waals surface area contributed by atoms with Gasteiger partial charge in [0.2, 0.25) is 5.91 Å². The number of rotatable bonds is 3. The molecule has 0 aliphatic heterocycles. The number of nitrogens with zero attached hydrogens (tertiary/aromatic N) is 1. The average Bonchev–Trinajstić information content (AvgIpc) is 2.54. The maximum Gasteiger partial charge on any atom is 0.255 e. The van der Waals surface area contributed by atoms with Crippen molar-refractivity contribution >= 4 is 17.5 Å². The van der Waals surface area contributed by atoms with Crippen molar-refractivity contribution in [1.29, 1.82) is 0 Å². The molecule has 1 fully saturated rings. The molecule has 2 amide bonds. The van der Waals surface area contributed by atoms with Crippen molar-refractivity contribution in [3.8, 4) is 0 Å². The first kappa shape index (κ1) is 17.5. The maximum atomic E-state index is 12.9. The Morgan fingerprint density at radius 3 is 2.30 bits per heavy atom. The van der Waals surface area contributed by atoms with E-state index in [4.69, 9.17) is 0 Å². The molecule has 1 N–H and O–H groups in total. The van der Waals surface area contributed by atoms with Crippen molar-refractivity contribution in [3.05, 3.63) is 29.8 Å². The number of anilines is 1. The van der Waals surface area contributed by atoms with Crippen LogP contribution >= 0.6 is 0 Å². The molecule has 0 saturated heterocycles. The minimum absolute atomic E-state index is 0.0123. The van der Waals surface area contributed by atoms with Gasteiger partial charge in [0.1, 0.15) is 0 Å². The first-order valence-corrected chi connectivity index (χ1v) is 8.48. The Bertz CT molecular complexity index is 569. The topological polar surface area (TPSA) is 49.4 Å². The summed E-state index contributed by atoms with van der Waals surface area (Å²) in [6.07, 6.45) is 5.77. The number of carbonyl (C=O) groups excluding carboxylic acids is 2. The zero-order chi connectivity index (χ0) is 17.0. The fraction of sp³-hybridized carbons (Fsp3) is 0.579. The van der Waals surface area contributed by atoms with Crippen LogP contribution in [0.15, 0.2) is 24.3 Å². The highest BCUT2D eigenvalue weighted by molar-refractivity contribution is 6.04. The van der Waals surface area contributed by atoms with Gasteiger partial charge in [-0.25, -0.2) is 0 Å². The van der Waals surface area contributed by atoms with Gasteiger partial charge in [-0.05, 0) is 25.0 Å². The van der Waals surface area contributed by atoms with Gasteiger partial charge in [0.25, 0.3) is 5.91 Å². The lowest BCUT2D eigenvalue weighted by molar-refractivity contribution is -0.123. The molecule has 23 heavy (non-hydrogen) atoms. The number of para-hydroxylation sites is 1. The monoisotopic (exact) mass is 316 g/mol. The van der Waals surface area contributed by atoms with Crippen molar-refractivity contribution in [2.45, 2.75) is 58.9 Å². The summed E-state index contributed by atoms with van der Waals surface area (Å²) < 4.78 is 0. The van der Waals surface area contributed by atoms with Crippen molar-refractivity contribution < 1.29 is 9.59 Å². The summed E-state index contributed by atoms with van der Waals surface area (Å²) >= 11 is 0. The lowest BCUT2D eigenvalue weighted by Crippen LogP contribution is -2.39. The Balaban J connectivity index is 2.18. The van der Waals surface area contributed by atoms with E-state index in [0.29, 0.717) is 17.3 Å². The van der Waals surface area contributed by atoms with Crippen LogP contribution in [0.25, 0.3) is 0 Å². The minimum atomic E-state index is -0.495. The average molecular weight is 316 g/mol. The van der Waals surface area contributed by atoms with E-state index in [2.05, 4.69) is 5.32 Å². The molecule has 1 aliphatic rings. The summed E-state index contributed by atoms with van der Waals surface area (Å²) in [5, 5.41) is 2.90. The van der Waals surface area contributed by atoms with E-state index in [0.717, 1.165) is 12.8 Å². The minimum Gasteiger partial charge on any atom is -0.339 e. The smallest absolute Gasteiger partial charge is 0.255 e. The van der Waals surface area contributed by atoms with Crippen LogP contribution in [-0.4, -0.2) is 29.8 Å². The second-order valence-electron chi connectivity index (χ2n) is 7.46. The molecule has 1 aromatic rings. The second kappa shape index (κ2) is 7.16. The van der Waals surface area contributed by atoms with E-state index in [1.807, 2.05) is 44.9 Å². The lowest BCUT2D eigenvalue weighted by Gasteiger charge is -2.32. The quantitative estimate of drug-likeness (QED) is 0.913. The number of nitrogens with one attached hydrogen (secondary N) is 1. The molecule has 1 aromatic carbocycles. The van der Waals surface area contributed by atoms with Crippen molar-refractivity contribution in [2.75, 3.05) is 12.4 Å². The predicted octanol–water partition coefficient (Wildman–Crippen LogP) is 4.08. The number of hydrogen-bond acceptors (Lipinski definition) is 2. The zero-order valence-electron chi connectivity index (χ0n) is 14.7. The van der Waals surface area contributed by atoms with Gasteiger partial charge < -0.3 is 10.2 Å². The highest BCUT2D eigenvalue weighted by Gasteiger charge is 2.26. The standard InChI is InChI=1S/C19H28N2O2/c1-19(2,3)18(23)20-16-13-9-8-12-15(16)17(22)21(4)14-10-6-5-7-11-14/h8-9,12-14H,5-7,10-11H2,1-4H3,(H,20,23). The summed E-state index contributed by atoms with van der Waals surface area (Å²) in [5.41, 5.74) is 0.670. The molecule has 0 bridgehead atoms. The Morgan fingerprint density at radius 1 is 1.09 bits per heavy atom. The van der Waals surface area contributed by atoms with E-state index >= 15 is 0 Å². The van der Waals surface area contributed by atoms with Crippen LogP contribution in [0, 0.1) is 5.41 Å². The van der Waals surface area contributed by atoms with Gasteiger partial charge in [-0.1, -0.05) is 52.2 Å². The highest BCUT2D eigenvalue weighted by Crippen LogP contribution is 2.26. The van der Waals surface area contributed by atoms with Gasteiger partial charge in [-0.15, -0.1) is 0 Å². The predicted molar refractivity (Wildman–Crippen MR) is 93.5 cm³/mol. The third-order valence-electron chi connectivity index (χ3n) is 4.53.